The summed E-state index contributed by atoms with van der Waals surface area (Å²) in [6, 6.07) is 2.02. The van der Waals surface area contributed by atoms with Gasteiger partial charge in [-0.3, -0.25) is 4.79 Å². The van der Waals surface area contributed by atoms with Gasteiger partial charge in [0.05, 0.1) is 11.9 Å². The van der Waals surface area contributed by atoms with Crippen molar-refractivity contribution in [3.05, 3.63) is 22.8 Å². The van der Waals surface area contributed by atoms with Crippen molar-refractivity contribution in [2.75, 3.05) is 29.2 Å². The summed E-state index contributed by atoms with van der Waals surface area (Å²) in [5, 5.41) is 3.02. The normalized spacial score (nSPS) is 15.3. The predicted octanol–water partition coefficient (Wildman–Crippen LogP) is 4.61. The van der Waals surface area contributed by atoms with Gasteiger partial charge in [0.1, 0.15) is 0 Å². The van der Waals surface area contributed by atoms with Gasteiger partial charge in [0.2, 0.25) is 5.91 Å². The lowest BCUT2D eigenvalue weighted by Crippen LogP contribution is -2.18. The molecule has 0 spiro atoms. The zero-order valence-electron chi connectivity index (χ0n) is 15.8. The number of nitrogens with two attached hydrogens (primary N) is 1. The van der Waals surface area contributed by atoms with Gasteiger partial charge in [0.15, 0.2) is 0 Å². The second kappa shape index (κ2) is 10.1. The number of anilines is 2. The summed E-state index contributed by atoms with van der Waals surface area (Å²) in [5.74, 6) is 1.46. The molecule has 1 saturated carbocycles. The van der Waals surface area contributed by atoms with Crippen LogP contribution in [0, 0.1) is 20.8 Å². The van der Waals surface area contributed by atoms with Gasteiger partial charge in [0.25, 0.3) is 0 Å². The van der Waals surface area contributed by atoms with Crippen molar-refractivity contribution in [3.8, 4) is 0 Å². The lowest BCUT2D eigenvalue weighted by molar-refractivity contribution is -0.113. The van der Waals surface area contributed by atoms with Crippen molar-refractivity contribution in [2.45, 2.75) is 65.4 Å². The molecule has 0 bridgehead atoms. The van der Waals surface area contributed by atoms with E-state index in [9.17, 15) is 4.79 Å². The second-order valence-corrected chi connectivity index (χ2v) is 8.11. The Hall–Kier alpha value is -1.20. The van der Waals surface area contributed by atoms with E-state index < -0.39 is 0 Å². The molecule has 2 rings (SSSR count). The Balaban J connectivity index is 1.65. The molecule has 1 fully saturated rings. The minimum absolute atomic E-state index is 0.0349. The maximum Gasteiger partial charge on any atom is 0.234 e. The van der Waals surface area contributed by atoms with E-state index >= 15 is 0 Å². The van der Waals surface area contributed by atoms with Crippen LogP contribution in [-0.2, 0) is 9.53 Å². The summed E-state index contributed by atoms with van der Waals surface area (Å²) < 4.78 is 5.91. The number of thioether (sulfide) groups is 1. The fraction of sp³-hybridized carbons (Fsp3) is 0.650. The molecule has 0 saturated heterocycles. The molecule has 3 N–H and O–H groups in total. The Bertz CT molecular complexity index is 584. The van der Waals surface area contributed by atoms with Crippen LogP contribution in [0.15, 0.2) is 6.07 Å². The maximum absolute atomic E-state index is 12.2. The molecule has 5 heteroatoms. The lowest BCUT2D eigenvalue weighted by atomic mass is 9.98. The van der Waals surface area contributed by atoms with E-state index in [1.807, 2.05) is 26.8 Å². The molecule has 1 aromatic rings. The smallest absolute Gasteiger partial charge is 0.234 e. The van der Waals surface area contributed by atoms with Gasteiger partial charge in [-0.15, -0.1) is 0 Å². The lowest BCUT2D eigenvalue weighted by Gasteiger charge is -2.21. The first-order chi connectivity index (χ1) is 12.0. The molecule has 0 radical (unpaired) electrons. The highest BCUT2D eigenvalue weighted by Crippen LogP contribution is 2.28. The zero-order chi connectivity index (χ0) is 18.2. The molecule has 0 aromatic heterocycles. The third-order valence-corrected chi connectivity index (χ3v) is 5.91. The average molecular weight is 365 g/mol. The van der Waals surface area contributed by atoms with E-state index in [0.29, 0.717) is 11.9 Å². The quantitative estimate of drug-likeness (QED) is 0.522. The Morgan fingerprint density at radius 3 is 2.68 bits per heavy atom. The molecule has 4 nitrogen and oxygen atoms in total. The molecule has 1 amide bonds. The number of hydrogen-bond acceptors (Lipinski definition) is 4. The fourth-order valence-corrected chi connectivity index (χ4v) is 4.10. The summed E-state index contributed by atoms with van der Waals surface area (Å²) in [5.41, 5.74) is 10.8. The molecular weight excluding hydrogens is 332 g/mol. The molecule has 0 unspecified atom stereocenters. The number of carbonyl (C=O) groups is 1. The number of ether oxygens (including phenoxy) is 1. The van der Waals surface area contributed by atoms with Gasteiger partial charge >= 0.3 is 0 Å². The molecule has 1 aliphatic carbocycles. The number of aryl methyl sites for hydroxylation is 2. The summed E-state index contributed by atoms with van der Waals surface area (Å²) in [4.78, 5) is 12.2. The molecule has 0 heterocycles. The first kappa shape index (κ1) is 20.1. The van der Waals surface area contributed by atoms with Crippen molar-refractivity contribution in [1.29, 1.82) is 0 Å². The number of rotatable bonds is 8. The van der Waals surface area contributed by atoms with Crippen LogP contribution in [-0.4, -0.2) is 30.1 Å². The van der Waals surface area contributed by atoms with Crippen molar-refractivity contribution >= 4 is 29.0 Å². The van der Waals surface area contributed by atoms with Gasteiger partial charge in [-0.2, -0.15) is 11.8 Å². The van der Waals surface area contributed by atoms with Crippen LogP contribution in [0.4, 0.5) is 11.4 Å². The SMILES string of the molecule is Cc1cc(C)c(NC(=O)CSCCCOC2CCCCC2)c(C)c1N. The second-order valence-electron chi connectivity index (χ2n) is 7.01. The third kappa shape index (κ3) is 6.23. The maximum atomic E-state index is 12.2. The van der Waals surface area contributed by atoms with Gasteiger partial charge in [0, 0.05) is 18.0 Å². The number of hydrogen-bond donors (Lipinski definition) is 2. The van der Waals surface area contributed by atoms with Crippen LogP contribution in [0.5, 0.6) is 0 Å². The van der Waals surface area contributed by atoms with Crippen molar-refractivity contribution < 1.29 is 9.53 Å². The summed E-state index contributed by atoms with van der Waals surface area (Å²) in [7, 11) is 0. The summed E-state index contributed by atoms with van der Waals surface area (Å²) in [6.45, 7) is 6.77. The zero-order valence-corrected chi connectivity index (χ0v) is 16.6. The van der Waals surface area contributed by atoms with Crippen molar-refractivity contribution in [3.63, 3.8) is 0 Å². The molecule has 0 atom stereocenters. The molecular formula is C20H32N2O2S. The van der Waals surface area contributed by atoms with Gasteiger partial charge in [-0.1, -0.05) is 25.3 Å². The number of carbonyl (C=O) groups excluding carboxylic acids is 1. The van der Waals surface area contributed by atoms with E-state index in [1.54, 1.807) is 11.8 Å². The van der Waals surface area contributed by atoms with E-state index in [0.717, 1.165) is 46.8 Å². The number of amides is 1. The first-order valence-electron chi connectivity index (χ1n) is 9.34. The molecule has 1 aliphatic rings. The van der Waals surface area contributed by atoms with E-state index in [-0.39, 0.29) is 5.91 Å². The molecule has 0 aliphatic heterocycles. The molecule has 1 aromatic carbocycles. The minimum Gasteiger partial charge on any atom is -0.398 e. The van der Waals surface area contributed by atoms with E-state index in [1.165, 1.54) is 32.1 Å². The topological polar surface area (TPSA) is 64.3 Å². The summed E-state index contributed by atoms with van der Waals surface area (Å²) in [6.07, 6.45) is 7.88. The van der Waals surface area contributed by atoms with Gasteiger partial charge in [-0.05, 0) is 62.5 Å². The standard InChI is InChI=1S/C20H32N2O2S/c1-14-12-15(2)20(16(3)19(14)21)22-18(23)13-25-11-7-10-24-17-8-5-4-6-9-17/h12,17H,4-11,13,21H2,1-3H3,(H,22,23). The van der Waals surface area contributed by atoms with Crippen LogP contribution in [0.2, 0.25) is 0 Å². The Morgan fingerprint density at radius 2 is 1.96 bits per heavy atom. The average Bonchev–Trinajstić information content (AvgIpc) is 2.60. The highest BCUT2D eigenvalue weighted by atomic mass is 32.2. The van der Waals surface area contributed by atoms with Crippen LogP contribution < -0.4 is 11.1 Å². The minimum atomic E-state index is 0.0349. The third-order valence-electron chi connectivity index (χ3n) is 4.87. The Labute approximate surface area is 156 Å². The highest BCUT2D eigenvalue weighted by Gasteiger charge is 2.14. The van der Waals surface area contributed by atoms with Crippen LogP contribution in [0.25, 0.3) is 0 Å². The number of benzene rings is 1. The predicted molar refractivity (Wildman–Crippen MR) is 108 cm³/mol. The van der Waals surface area contributed by atoms with Crippen molar-refractivity contribution in [2.24, 2.45) is 0 Å². The number of nitrogen functional groups attached to an aromatic ring is 1. The summed E-state index contributed by atoms with van der Waals surface area (Å²) >= 11 is 1.66. The fourth-order valence-electron chi connectivity index (χ4n) is 3.38. The van der Waals surface area contributed by atoms with E-state index in [4.69, 9.17) is 10.5 Å². The van der Waals surface area contributed by atoms with Gasteiger partial charge < -0.3 is 15.8 Å². The van der Waals surface area contributed by atoms with Crippen LogP contribution >= 0.6 is 11.8 Å². The highest BCUT2D eigenvalue weighted by molar-refractivity contribution is 7.99. The Morgan fingerprint density at radius 1 is 1.24 bits per heavy atom. The Kier molecular flexibility index (Phi) is 8.10. The first-order valence-corrected chi connectivity index (χ1v) is 10.5. The van der Waals surface area contributed by atoms with Crippen molar-refractivity contribution in [1.82, 2.24) is 0 Å². The van der Waals surface area contributed by atoms with E-state index in [2.05, 4.69) is 5.32 Å². The largest absolute Gasteiger partial charge is 0.398 e. The van der Waals surface area contributed by atoms with Crippen LogP contribution in [0.3, 0.4) is 0 Å². The molecule has 140 valence electrons. The van der Waals surface area contributed by atoms with Gasteiger partial charge in [-0.25, -0.2) is 0 Å². The van der Waals surface area contributed by atoms with Crippen LogP contribution in [0.1, 0.15) is 55.2 Å². The number of nitrogens with one attached hydrogen (secondary N) is 1. The molecule has 25 heavy (non-hydrogen) atoms. The monoisotopic (exact) mass is 364 g/mol.